The van der Waals surface area contributed by atoms with Crippen LogP contribution in [0.3, 0.4) is 0 Å². The molecule has 0 bridgehead atoms. The molecule has 0 fully saturated rings. The molecule has 0 radical (unpaired) electrons. The first-order chi connectivity index (χ1) is 11.8. The average Bonchev–Trinajstić information content (AvgIpc) is 2.54. The summed E-state index contributed by atoms with van der Waals surface area (Å²) in [5, 5.41) is 9.68. The number of benzene rings is 2. The van der Waals surface area contributed by atoms with E-state index in [1.165, 1.54) is 19.2 Å². The molecule has 0 heterocycles. The topological polar surface area (TPSA) is 105 Å². The molecule has 0 aromatic heterocycles. The number of rotatable bonds is 7. The second-order valence-corrected chi connectivity index (χ2v) is 7.79. The van der Waals surface area contributed by atoms with Crippen molar-refractivity contribution in [3.05, 3.63) is 57.2 Å². The van der Waals surface area contributed by atoms with Crippen LogP contribution >= 0.6 is 22.6 Å². The van der Waals surface area contributed by atoms with Crippen LogP contribution in [0.25, 0.3) is 0 Å². The number of methoxy groups -OCH3 is 1. The van der Waals surface area contributed by atoms with Crippen molar-refractivity contribution < 1.29 is 23.1 Å². The number of ether oxygens (including phenoxy) is 1. The Bertz CT molecular complexity index is 856. The fourth-order valence-electron chi connectivity index (χ4n) is 2.06. The Morgan fingerprint density at radius 1 is 1.24 bits per heavy atom. The molecule has 2 aromatic rings. The summed E-state index contributed by atoms with van der Waals surface area (Å²) in [6.07, 6.45) is -0.0354. The summed E-state index contributed by atoms with van der Waals surface area (Å²) in [6, 6.07) is 11.8. The zero-order valence-corrected chi connectivity index (χ0v) is 16.3. The van der Waals surface area contributed by atoms with E-state index in [1.54, 1.807) is 24.3 Å². The van der Waals surface area contributed by atoms with E-state index in [2.05, 4.69) is 4.72 Å². The quantitative estimate of drug-likeness (QED) is 0.528. The van der Waals surface area contributed by atoms with Crippen molar-refractivity contribution in [1.82, 2.24) is 9.44 Å². The maximum absolute atomic E-state index is 12.0. The summed E-state index contributed by atoms with van der Waals surface area (Å²) in [6.45, 7) is -0.0527. The fraction of sp³-hybridized carbons (Fsp3) is 0.188. The Morgan fingerprint density at radius 3 is 2.56 bits per heavy atom. The smallest absolute Gasteiger partial charge is 0.301 e. The van der Waals surface area contributed by atoms with E-state index in [-0.39, 0.29) is 24.5 Å². The van der Waals surface area contributed by atoms with E-state index < -0.39 is 16.1 Å². The van der Waals surface area contributed by atoms with Crippen molar-refractivity contribution in [3.63, 3.8) is 0 Å². The number of phenols is 1. The number of nitrogens with one attached hydrogen (secondary N) is 2. The zero-order chi connectivity index (χ0) is 18.4. The molecule has 3 N–H and O–H groups in total. The Hall–Kier alpha value is -1.85. The fourth-order valence-corrected chi connectivity index (χ4v) is 3.49. The van der Waals surface area contributed by atoms with E-state index in [4.69, 9.17) is 4.74 Å². The highest BCUT2D eigenvalue weighted by Crippen LogP contribution is 2.30. The number of halogens is 1. The molecular weight excluding hydrogens is 459 g/mol. The van der Waals surface area contributed by atoms with Crippen molar-refractivity contribution in [2.24, 2.45) is 0 Å². The molecule has 7 nitrogen and oxygen atoms in total. The van der Waals surface area contributed by atoms with Gasteiger partial charge in [0.15, 0.2) is 11.5 Å². The molecule has 0 saturated heterocycles. The lowest BCUT2D eigenvalue weighted by molar-refractivity contribution is -0.118. The Balaban J connectivity index is 1.98. The monoisotopic (exact) mass is 476 g/mol. The van der Waals surface area contributed by atoms with Crippen LogP contribution in [0.5, 0.6) is 11.5 Å². The van der Waals surface area contributed by atoms with E-state index in [0.29, 0.717) is 14.7 Å². The molecule has 0 unspecified atom stereocenters. The molecule has 0 aliphatic carbocycles. The van der Waals surface area contributed by atoms with Crippen LogP contribution < -0.4 is 14.2 Å². The predicted octanol–water partition coefficient (Wildman–Crippen LogP) is 1.70. The number of carbonyl (C=O) groups is 1. The van der Waals surface area contributed by atoms with Gasteiger partial charge in [0.05, 0.1) is 13.5 Å². The van der Waals surface area contributed by atoms with Gasteiger partial charge >= 0.3 is 10.2 Å². The first-order valence-corrected chi connectivity index (χ1v) is 9.76. The van der Waals surface area contributed by atoms with Gasteiger partial charge in [0, 0.05) is 10.1 Å². The van der Waals surface area contributed by atoms with Crippen LogP contribution in [0.4, 0.5) is 0 Å². The van der Waals surface area contributed by atoms with Crippen LogP contribution in [0.2, 0.25) is 0 Å². The van der Waals surface area contributed by atoms with E-state index in [0.717, 1.165) is 0 Å². The van der Waals surface area contributed by atoms with Crippen molar-refractivity contribution >= 4 is 38.7 Å². The molecule has 0 aliphatic heterocycles. The minimum Gasteiger partial charge on any atom is -0.504 e. The molecule has 2 rings (SSSR count). The highest BCUT2D eigenvalue weighted by Gasteiger charge is 2.16. The number of hydrogen-bond donors (Lipinski definition) is 3. The summed E-state index contributed by atoms with van der Waals surface area (Å²) < 4.78 is 34.0. The minimum atomic E-state index is -4.00. The molecule has 2 aromatic carbocycles. The molecular formula is C16H17IN2O5S. The summed E-state index contributed by atoms with van der Waals surface area (Å²) in [5.74, 6) is -0.422. The summed E-state index contributed by atoms with van der Waals surface area (Å²) in [5.41, 5.74) is 1.32. The average molecular weight is 476 g/mol. The molecule has 0 atom stereocenters. The third-order valence-corrected chi connectivity index (χ3v) is 5.28. The first-order valence-electron chi connectivity index (χ1n) is 7.20. The molecule has 9 heteroatoms. The van der Waals surface area contributed by atoms with Gasteiger partial charge in [-0.25, -0.2) is 4.72 Å². The van der Waals surface area contributed by atoms with Crippen LogP contribution in [0.15, 0.2) is 42.5 Å². The summed E-state index contributed by atoms with van der Waals surface area (Å²) in [4.78, 5) is 11.9. The summed E-state index contributed by atoms with van der Waals surface area (Å²) in [7, 11) is -2.60. The third-order valence-electron chi connectivity index (χ3n) is 3.26. The second-order valence-electron chi connectivity index (χ2n) is 5.13. The molecule has 0 aliphatic rings. The maximum atomic E-state index is 12.0. The lowest BCUT2D eigenvalue weighted by Crippen LogP contribution is -2.40. The van der Waals surface area contributed by atoms with Gasteiger partial charge in [-0.3, -0.25) is 4.79 Å². The van der Waals surface area contributed by atoms with Gasteiger partial charge in [-0.05, 0) is 45.9 Å². The van der Waals surface area contributed by atoms with Crippen LogP contribution in [0, 0.1) is 3.57 Å². The van der Waals surface area contributed by atoms with Crippen molar-refractivity contribution in [2.45, 2.75) is 13.0 Å². The van der Waals surface area contributed by atoms with E-state index in [1.807, 2.05) is 33.4 Å². The van der Waals surface area contributed by atoms with Gasteiger partial charge in [0.2, 0.25) is 5.91 Å². The van der Waals surface area contributed by atoms with Crippen LogP contribution in [0.1, 0.15) is 11.1 Å². The number of aromatic hydroxyl groups is 1. The van der Waals surface area contributed by atoms with Gasteiger partial charge in [0.25, 0.3) is 0 Å². The molecule has 1 amide bonds. The molecule has 0 spiro atoms. The summed E-state index contributed by atoms with van der Waals surface area (Å²) >= 11 is 1.97. The third kappa shape index (κ3) is 5.87. The largest absolute Gasteiger partial charge is 0.504 e. The van der Waals surface area contributed by atoms with Crippen molar-refractivity contribution in [1.29, 1.82) is 0 Å². The molecule has 134 valence electrons. The lowest BCUT2D eigenvalue weighted by Gasteiger charge is -2.11. The Labute approximate surface area is 159 Å². The lowest BCUT2D eigenvalue weighted by atomic mass is 10.1. The van der Waals surface area contributed by atoms with Crippen LogP contribution in [-0.4, -0.2) is 26.5 Å². The number of carbonyl (C=O) groups excluding carboxylic acids is 1. The number of amides is 1. The zero-order valence-electron chi connectivity index (χ0n) is 13.3. The van der Waals surface area contributed by atoms with Gasteiger partial charge in [-0.2, -0.15) is 13.1 Å². The van der Waals surface area contributed by atoms with Gasteiger partial charge in [-0.15, -0.1) is 0 Å². The van der Waals surface area contributed by atoms with E-state index >= 15 is 0 Å². The SMILES string of the molecule is COc1cc(CNS(=O)(=O)NC(=O)Cc2ccccc2)c(I)cc1O. The van der Waals surface area contributed by atoms with Gasteiger partial charge in [-0.1, -0.05) is 30.3 Å². The van der Waals surface area contributed by atoms with Crippen LogP contribution in [-0.2, 0) is 28.0 Å². The highest BCUT2D eigenvalue weighted by molar-refractivity contribution is 14.1. The van der Waals surface area contributed by atoms with Crippen molar-refractivity contribution in [2.75, 3.05) is 7.11 Å². The first kappa shape index (κ1) is 19.5. The normalized spacial score (nSPS) is 11.1. The molecule has 0 saturated carbocycles. The minimum absolute atomic E-state index is 0.0327. The maximum Gasteiger partial charge on any atom is 0.301 e. The Kier molecular flexibility index (Phi) is 6.62. The number of hydrogen-bond acceptors (Lipinski definition) is 5. The number of phenolic OH excluding ortho intramolecular Hbond substituents is 1. The van der Waals surface area contributed by atoms with Gasteiger partial charge < -0.3 is 9.84 Å². The van der Waals surface area contributed by atoms with E-state index in [9.17, 15) is 18.3 Å². The second kappa shape index (κ2) is 8.50. The van der Waals surface area contributed by atoms with Crippen molar-refractivity contribution in [3.8, 4) is 11.5 Å². The predicted molar refractivity (Wildman–Crippen MR) is 101 cm³/mol. The Morgan fingerprint density at radius 2 is 1.92 bits per heavy atom. The van der Waals surface area contributed by atoms with Gasteiger partial charge in [0.1, 0.15) is 0 Å². The highest BCUT2D eigenvalue weighted by atomic mass is 127. The molecule has 25 heavy (non-hydrogen) atoms. The standard InChI is InChI=1S/C16H17IN2O5S/c1-24-15-8-12(13(17)9-14(15)20)10-18-25(22,23)19-16(21)7-11-5-3-2-4-6-11/h2-6,8-9,18,20H,7,10H2,1H3,(H,19,21).